The molecule has 6 heteroatoms. The monoisotopic (exact) mass is 314 g/mol. The first-order valence-electron chi connectivity index (χ1n) is 5.34. The lowest BCUT2D eigenvalue weighted by Crippen LogP contribution is -2.18. The molecule has 0 amide bonds. The Morgan fingerprint density at radius 1 is 1.28 bits per heavy atom. The lowest BCUT2D eigenvalue weighted by Gasteiger charge is -2.13. The first-order chi connectivity index (χ1) is 8.61. The maximum atomic E-state index is 12.8. The number of nitrogens with zero attached hydrogens (tertiary/aromatic N) is 2. The first kappa shape index (κ1) is 13.2. The summed E-state index contributed by atoms with van der Waals surface area (Å²) >= 11 is 3.09. The molecule has 18 heavy (non-hydrogen) atoms. The molecule has 0 aliphatic rings. The lowest BCUT2D eigenvalue weighted by atomic mass is 10.1. The molecule has 2 unspecified atom stereocenters. The molecule has 1 heterocycles. The Balaban J connectivity index is 2.22. The maximum absolute atomic E-state index is 12.8. The van der Waals surface area contributed by atoms with E-state index in [1.807, 2.05) is 0 Å². The summed E-state index contributed by atoms with van der Waals surface area (Å²) in [5, 5.41) is 23.6. The zero-order valence-electron chi connectivity index (χ0n) is 9.37. The van der Waals surface area contributed by atoms with Crippen molar-refractivity contribution in [2.45, 2.75) is 12.2 Å². The number of hydrogen-bond acceptors (Lipinski definition) is 3. The van der Waals surface area contributed by atoms with Crippen LogP contribution in [0, 0.1) is 5.82 Å². The molecule has 0 saturated carbocycles. The molecule has 1 aromatic carbocycles. The predicted molar refractivity (Wildman–Crippen MR) is 68.3 cm³/mol. The molecule has 4 nitrogen and oxygen atoms in total. The second-order valence-corrected chi connectivity index (χ2v) is 4.51. The van der Waals surface area contributed by atoms with Crippen LogP contribution in [0.4, 0.5) is 4.39 Å². The van der Waals surface area contributed by atoms with Gasteiger partial charge in [-0.15, -0.1) is 0 Å². The van der Waals surface area contributed by atoms with Crippen LogP contribution >= 0.6 is 15.9 Å². The highest BCUT2D eigenvalue weighted by molar-refractivity contribution is 9.09. The zero-order chi connectivity index (χ0) is 13.1. The summed E-state index contributed by atoms with van der Waals surface area (Å²) in [4.78, 5) is 0. The van der Waals surface area contributed by atoms with Gasteiger partial charge in [-0.2, -0.15) is 5.10 Å². The van der Waals surface area contributed by atoms with Crippen LogP contribution in [0.1, 0.15) is 11.7 Å². The number of alkyl halides is 1. The minimum absolute atomic E-state index is 0.274. The highest BCUT2D eigenvalue weighted by atomic mass is 79.9. The molecule has 96 valence electrons. The molecular formula is C12H12BrFN2O2. The quantitative estimate of drug-likeness (QED) is 0.846. The highest BCUT2D eigenvalue weighted by Crippen LogP contribution is 2.19. The van der Waals surface area contributed by atoms with E-state index in [1.165, 1.54) is 23.0 Å². The van der Waals surface area contributed by atoms with Gasteiger partial charge in [-0.3, -0.25) is 0 Å². The van der Waals surface area contributed by atoms with Gasteiger partial charge in [0.1, 0.15) is 11.9 Å². The van der Waals surface area contributed by atoms with Crippen LogP contribution in [0.5, 0.6) is 0 Å². The van der Waals surface area contributed by atoms with Crippen molar-refractivity contribution in [1.82, 2.24) is 9.78 Å². The summed E-state index contributed by atoms with van der Waals surface area (Å²) in [5.74, 6) is -0.319. The summed E-state index contributed by atoms with van der Waals surface area (Å²) in [5.41, 5.74) is 1.19. The van der Waals surface area contributed by atoms with E-state index < -0.39 is 12.2 Å². The third kappa shape index (κ3) is 2.77. The van der Waals surface area contributed by atoms with Gasteiger partial charge in [0, 0.05) is 17.1 Å². The van der Waals surface area contributed by atoms with E-state index in [0.29, 0.717) is 11.3 Å². The van der Waals surface area contributed by atoms with Gasteiger partial charge in [-0.25, -0.2) is 9.07 Å². The largest absolute Gasteiger partial charge is 0.389 e. The smallest absolute Gasteiger partial charge is 0.123 e. The number of aromatic nitrogens is 2. The first-order valence-corrected chi connectivity index (χ1v) is 6.46. The fraction of sp³-hybridized carbons (Fsp3) is 0.250. The van der Waals surface area contributed by atoms with E-state index in [4.69, 9.17) is 0 Å². The van der Waals surface area contributed by atoms with E-state index >= 15 is 0 Å². The Kier molecular flexibility index (Phi) is 4.11. The second kappa shape index (κ2) is 5.60. The molecule has 2 rings (SSSR count). The molecule has 2 N–H and O–H groups in total. The van der Waals surface area contributed by atoms with Gasteiger partial charge in [0.05, 0.1) is 18.0 Å². The lowest BCUT2D eigenvalue weighted by molar-refractivity contribution is 0.0342. The van der Waals surface area contributed by atoms with Crippen molar-refractivity contribution >= 4 is 15.9 Å². The van der Waals surface area contributed by atoms with Crippen LogP contribution in [0.2, 0.25) is 0 Å². The molecule has 0 aliphatic carbocycles. The molecular weight excluding hydrogens is 303 g/mol. The minimum atomic E-state index is -1.00. The second-order valence-electron chi connectivity index (χ2n) is 3.86. The minimum Gasteiger partial charge on any atom is -0.389 e. The SMILES string of the molecule is OC(CBr)C(O)c1cnn(-c2ccc(F)cc2)c1. The Labute approximate surface area is 112 Å². The third-order valence-electron chi connectivity index (χ3n) is 2.56. The molecule has 0 saturated heterocycles. The zero-order valence-corrected chi connectivity index (χ0v) is 11.0. The summed E-state index contributed by atoms with van der Waals surface area (Å²) in [6.45, 7) is 0. The fourth-order valence-corrected chi connectivity index (χ4v) is 1.89. The van der Waals surface area contributed by atoms with Crippen LogP contribution in [-0.4, -0.2) is 31.4 Å². The van der Waals surface area contributed by atoms with E-state index in [0.717, 1.165) is 0 Å². The van der Waals surface area contributed by atoms with E-state index in [2.05, 4.69) is 21.0 Å². The van der Waals surface area contributed by atoms with Crippen molar-refractivity contribution in [2.75, 3.05) is 5.33 Å². The van der Waals surface area contributed by atoms with Crippen molar-refractivity contribution < 1.29 is 14.6 Å². The molecule has 0 spiro atoms. The number of hydrogen-bond donors (Lipinski definition) is 2. The number of rotatable bonds is 4. The summed E-state index contributed by atoms with van der Waals surface area (Å²) < 4.78 is 14.3. The van der Waals surface area contributed by atoms with Crippen molar-refractivity contribution in [3.63, 3.8) is 0 Å². The maximum Gasteiger partial charge on any atom is 0.123 e. The van der Waals surface area contributed by atoms with Crippen LogP contribution in [0.15, 0.2) is 36.7 Å². The molecule has 2 aromatic rings. The highest BCUT2D eigenvalue weighted by Gasteiger charge is 2.18. The fourth-order valence-electron chi connectivity index (χ4n) is 1.53. The van der Waals surface area contributed by atoms with E-state index in [9.17, 15) is 14.6 Å². The third-order valence-corrected chi connectivity index (χ3v) is 3.22. The van der Waals surface area contributed by atoms with Crippen molar-refractivity contribution in [1.29, 1.82) is 0 Å². The van der Waals surface area contributed by atoms with Gasteiger partial charge in [-0.1, -0.05) is 15.9 Å². The van der Waals surface area contributed by atoms with E-state index in [1.54, 1.807) is 18.3 Å². The van der Waals surface area contributed by atoms with Gasteiger partial charge >= 0.3 is 0 Å². The van der Waals surface area contributed by atoms with Crippen LogP contribution in [-0.2, 0) is 0 Å². The predicted octanol–water partition coefficient (Wildman–Crippen LogP) is 1.80. The van der Waals surface area contributed by atoms with Crippen molar-refractivity contribution in [3.8, 4) is 5.69 Å². The molecule has 1 aromatic heterocycles. The molecule has 0 radical (unpaired) electrons. The molecule has 2 atom stereocenters. The average Bonchev–Trinajstić information content (AvgIpc) is 2.87. The van der Waals surface area contributed by atoms with Crippen LogP contribution < -0.4 is 0 Å². The van der Waals surface area contributed by atoms with Crippen LogP contribution in [0.25, 0.3) is 5.69 Å². The Morgan fingerprint density at radius 2 is 1.94 bits per heavy atom. The van der Waals surface area contributed by atoms with E-state index in [-0.39, 0.29) is 11.1 Å². The number of aliphatic hydroxyl groups is 2. The molecule has 0 aliphatic heterocycles. The number of aliphatic hydroxyl groups excluding tert-OH is 2. The Morgan fingerprint density at radius 3 is 2.56 bits per heavy atom. The normalized spacial score (nSPS) is 14.4. The molecule has 0 fully saturated rings. The van der Waals surface area contributed by atoms with Gasteiger partial charge in [0.15, 0.2) is 0 Å². The summed E-state index contributed by atoms with van der Waals surface area (Å²) in [6.07, 6.45) is 1.18. The van der Waals surface area contributed by atoms with Gasteiger partial charge in [0.25, 0.3) is 0 Å². The summed E-state index contributed by atoms with van der Waals surface area (Å²) in [7, 11) is 0. The average molecular weight is 315 g/mol. The number of benzene rings is 1. The van der Waals surface area contributed by atoms with Gasteiger partial charge in [0.2, 0.25) is 0 Å². The number of halogens is 2. The Hall–Kier alpha value is -1.24. The van der Waals surface area contributed by atoms with Gasteiger partial charge in [-0.05, 0) is 24.3 Å². The Bertz CT molecular complexity index is 515. The standard InChI is InChI=1S/C12H12BrFN2O2/c13-5-11(17)12(18)8-6-15-16(7-8)10-3-1-9(14)2-4-10/h1-4,6-7,11-12,17-18H,5H2. The van der Waals surface area contributed by atoms with Crippen molar-refractivity contribution in [3.05, 3.63) is 48.0 Å². The van der Waals surface area contributed by atoms with Crippen molar-refractivity contribution in [2.24, 2.45) is 0 Å². The molecule has 0 bridgehead atoms. The summed E-state index contributed by atoms with van der Waals surface area (Å²) in [6, 6.07) is 5.83. The van der Waals surface area contributed by atoms with Crippen LogP contribution in [0.3, 0.4) is 0 Å². The topological polar surface area (TPSA) is 58.3 Å². The van der Waals surface area contributed by atoms with Gasteiger partial charge < -0.3 is 10.2 Å².